The van der Waals surface area contributed by atoms with Gasteiger partial charge in [0.2, 0.25) is 17.7 Å². The first kappa shape index (κ1) is 27.5. The Bertz CT molecular complexity index is 1010. The number of aliphatic hydroxyl groups excluding tert-OH is 1. The van der Waals surface area contributed by atoms with Crippen molar-refractivity contribution in [2.45, 2.75) is 48.3 Å². The number of hydrogen-bond acceptors (Lipinski definition) is 7. The number of ether oxygens (including phenoxy) is 2. The Balaban J connectivity index is 1.36. The van der Waals surface area contributed by atoms with Gasteiger partial charge in [0.25, 0.3) is 0 Å². The highest BCUT2D eigenvalue weighted by Crippen LogP contribution is 2.60. The predicted octanol–water partition coefficient (Wildman–Crippen LogP) is 0.984. The van der Waals surface area contributed by atoms with Crippen LogP contribution < -0.4 is 10.6 Å². The summed E-state index contributed by atoms with van der Waals surface area (Å²) in [4.78, 5) is 45.0. The fourth-order valence-corrected chi connectivity index (χ4v) is 7.49. The number of carbonyl (C=O) groups is 3. The Morgan fingerprint density at radius 1 is 1.08 bits per heavy atom. The summed E-state index contributed by atoms with van der Waals surface area (Å²) in [6.45, 7) is 4.66. The van der Waals surface area contributed by atoms with Crippen LogP contribution in [0.4, 0.5) is 5.69 Å². The van der Waals surface area contributed by atoms with Gasteiger partial charge in [0, 0.05) is 49.8 Å². The van der Waals surface area contributed by atoms with Gasteiger partial charge in [-0.1, -0.05) is 34.1 Å². The Kier molecular flexibility index (Phi) is 8.69. The molecule has 4 aliphatic rings. The molecule has 3 N–H and O–H groups in total. The van der Waals surface area contributed by atoms with Crippen LogP contribution in [0.3, 0.4) is 0 Å². The van der Waals surface area contributed by atoms with Crippen LogP contribution in [0.2, 0.25) is 0 Å². The molecule has 4 aliphatic heterocycles. The second-order valence-corrected chi connectivity index (χ2v) is 11.8. The van der Waals surface area contributed by atoms with Gasteiger partial charge in [-0.05, 0) is 37.8 Å². The van der Waals surface area contributed by atoms with E-state index in [0.717, 1.165) is 19.5 Å². The van der Waals surface area contributed by atoms with E-state index in [0.29, 0.717) is 57.8 Å². The van der Waals surface area contributed by atoms with Crippen molar-refractivity contribution >= 4 is 39.3 Å². The third kappa shape index (κ3) is 5.23. The number of carbonyl (C=O) groups excluding carboxylic acids is 3. The molecule has 1 aromatic rings. The summed E-state index contributed by atoms with van der Waals surface area (Å²) < 4.78 is 11.9. The summed E-state index contributed by atoms with van der Waals surface area (Å²) in [7, 11) is 0. The van der Waals surface area contributed by atoms with Crippen LogP contribution in [0.15, 0.2) is 30.3 Å². The number of halogens is 1. The van der Waals surface area contributed by atoms with E-state index in [4.69, 9.17) is 9.47 Å². The first-order valence-electron chi connectivity index (χ1n) is 13.6. The lowest BCUT2D eigenvalue weighted by atomic mass is 9.70. The maximum atomic E-state index is 13.9. The van der Waals surface area contributed by atoms with Gasteiger partial charge in [-0.3, -0.25) is 19.3 Å². The molecule has 1 aromatic carbocycles. The molecule has 0 aromatic heterocycles. The Hall–Kier alpha value is -2.05. The molecule has 6 atom stereocenters. The predicted molar refractivity (Wildman–Crippen MR) is 144 cm³/mol. The number of alkyl halides is 1. The Morgan fingerprint density at radius 2 is 1.84 bits per heavy atom. The molecule has 1 spiro atoms. The summed E-state index contributed by atoms with van der Waals surface area (Å²) >= 11 is 3.70. The number of benzene rings is 1. The summed E-state index contributed by atoms with van der Waals surface area (Å²) in [5, 5.41) is 15.2. The summed E-state index contributed by atoms with van der Waals surface area (Å²) in [6.07, 6.45) is 2.03. The molecule has 3 unspecified atom stereocenters. The zero-order valence-corrected chi connectivity index (χ0v) is 23.1. The lowest BCUT2D eigenvalue weighted by molar-refractivity contribution is -0.141. The minimum atomic E-state index is -1.06. The molecule has 38 heavy (non-hydrogen) atoms. The molecule has 0 aliphatic carbocycles. The molecule has 4 heterocycles. The normalized spacial score (nSPS) is 32.4. The number of nitrogens with zero attached hydrogens (tertiary/aromatic N) is 2. The molecule has 4 fully saturated rings. The maximum absolute atomic E-state index is 13.9. The smallest absolute Gasteiger partial charge is 0.245 e. The molecule has 2 bridgehead atoms. The number of nitrogens with one attached hydrogen (secondary N) is 2. The molecule has 4 saturated heterocycles. The SMILES string of the molecule is O=C(NCCN1CCOCC1)C1N(CCCCCO)C(=O)[C@@H]2[C@@H](C(=O)Nc3ccccc3)[C@@H]3OC12CC3Br. The number of likely N-dealkylation sites (tertiary alicyclic amines) is 1. The van der Waals surface area contributed by atoms with Crippen molar-refractivity contribution in [1.29, 1.82) is 0 Å². The second-order valence-electron chi connectivity index (χ2n) is 10.6. The highest BCUT2D eigenvalue weighted by molar-refractivity contribution is 9.09. The van der Waals surface area contributed by atoms with Gasteiger partial charge >= 0.3 is 0 Å². The highest BCUT2D eigenvalue weighted by Gasteiger charge is 2.76. The van der Waals surface area contributed by atoms with Gasteiger partial charge in [-0.15, -0.1) is 0 Å². The number of morpholine rings is 1. The molecule has 5 rings (SSSR count). The van der Waals surface area contributed by atoms with Crippen LogP contribution in [0.5, 0.6) is 0 Å². The Morgan fingerprint density at radius 3 is 2.58 bits per heavy atom. The largest absolute Gasteiger partial charge is 0.396 e. The summed E-state index contributed by atoms with van der Waals surface area (Å²) in [6, 6.07) is 8.36. The van der Waals surface area contributed by atoms with Crippen molar-refractivity contribution in [3.63, 3.8) is 0 Å². The van der Waals surface area contributed by atoms with Crippen molar-refractivity contribution in [3.8, 4) is 0 Å². The summed E-state index contributed by atoms with van der Waals surface area (Å²) in [5.74, 6) is -2.12. The van der Waals surface area contributed by atoms with Crippen LogP contribution >= 0.6 is 15.9 Å². The van der Waals surface area contributed by atoms with Crippen molar-refractivity contribution < 1.29 is 29.0 Å². The number of fused-ring (bicyclic) bond motifs is 1. The molecule has 10 nitrogen and oxygen atoms in total. The van der Waals surface area contributed by atoms with E-state index in [1.54, 1.807) is 4.90 Å². The zero-order chi connectivity index (χ0) is 26.7. The maximum Gasteiger partial charge on any atom is 0.245 e. The molecular weight excluding hydrogens is 556 g/mol. The van der Waals surface area contributed by atoms with E-state index < -0.39 is 29.6 Å². The lowest BCUT2D eigenvalue weighted by Gasteiger charge is -2.34. The van der Waals surface area contributed by atoms with Crippen LogP contribution in [0.25, 0.3) is 0 Å². The van der Waals surface area contributed by atoms with E-state index in [9.17, 15) is 19.5 Å². The monoisotopic (exact) mass is 592 g/mol. The standard InChI is InChI=1S/C27H37BrN4O6/c28-19-17-27-21(20(22(19)38-27)24(34)30-18-7-3-1-4-8-18)26(36)32(10-5-2-6-14-33)23(27)25(35)29-9-11-31-12-15-37-16-13-31/h1,3-4,7-8,19-23,33H,2,5-6,9-17H2,(H,29,35)(H,30,34)/t19?,20-,21+,22-,23?,27?/m1/s1. The minimum absolute atomic E-state index is 0.0871. The van der Waals surface area contributed by atoms with Gasteiger partial charge in [0.1, 0.15) is 11.6 Å². The van der Waals surface area contributed by atoms with Crippen LogP contribution in [0, 0.1) is 11.8 Å². The second kappa shape index (κ2) is 12.0. The van der Waals surface area contributed by atoms with Gasteiger partial charge in [-0.25, -0.2) is 0 Å². The van der Waals surface area contributed by atoms with Crippen molar-refractivity contribution in [2.24, 2.45) is 11.8 Å². The van der Waals surface area contributed by atoms with E-state index >= 15 is 0 Å². The number of aliphatic hydroxyl groups is 1. The van der Waals surface area contributed by atoms with E-state index in [1.807, 2.05) is 30.3 Å². The van der Waals surface area contributed by atoms with Crippen molar-refractivity contribution in [1.82, 2.24) is 15.1 Å². The number of amides is 3. The number of rotatable bonds is 11. The highest BCUT2D eigenvalue weighted by atomic mass is 79.9. The number of hydrogen-bond donors (Lipinski definition) is 3. The fourth-order valence-electron chi connectivity index (χ4n) is 6.55. The van der Waals surface area contributed by atoms with Gasteiger partial charge in [-0.2, -0.15) is 0 Å². The van der Waals surface area contributed by atoms with Crippen LogP contribution in [-0.4, -0.2) is 108 Å². The van der Waals surface area contributed by atoms with Gasteiger partial charge in [0.15, 0.2) is 0 Å². The van der Waals surface area contributed by atoms with E-state index in [1.165, 1.54) is 0 Å². The van der Waals surface area contributed by atoms with Crippen molar-refractivity contribution in [3.05, 3.63) is 30.3 Å². The molecule has 0 radical (unpaired) electrons. The van der Waals surface area contributed by atoms with Crippen LogP contribution in [0.1, 0.15) is 25.7 Å². The average Bonchev–Trinajstić information content (AvgIpc) is 3.51. The first-order chi connectivity index (χ1) is 18.5. The topological polar surface area (TPSA) is 120 Å². The molecule has 208 valence electrons. The minimum Gasteiger partial charge on any atom is -0.396 e. The van der Waals surface area contributed by atoms with E-state index in [-0.39, 0.29) is 29.2 Å². The number of anilines is 1. The molecule has 0 saturated carbocycles. The molecule has 3 amide bonds. The van der Waals surface area contributed by atoms with Crippen molar-refractivity contribution in [2.75, 3.05) is 57.9 Å². The zero-order valence-electron chi connectivity index (χ0n) is 21.5. The summed E-state index contributed by atoms with van der Waals surface area (Å²) in [5.41, 5.74) is -0.404. The number of unbranched alkanes of at least 4 members (excludes halogenated alkanes) is 2. The third-order valence-electron chi connectivity index (χ3n) is 8.27. The van der Waals surface area contributed by atoms with Gasteiger partial charge in [0.05, 0.1) is 31.2 Å². The average molecular weight is 594 g/mol. The number of para-hydroxylation sites is 1. The van der Waals surface area contributed by atoms with Gasteiger partial charge < -0.3 is 30.1 Å². The quantitative estimate of drug-likeness (QED) is 0.259. The van der Waals surface area contributed by atoms with Crippen LogP contribution in [-0.2, 0) is 23.9 Å². The molecular formula is C27H37BrN4O6. The van der Waals surface area contributed by atoms with E-state index in [2.05, 4.69) is 31.5 Å². The fraction of sp³-hybridized carbons (Fsp3) is 0.667. The first-order valence-corrected chi connectivity index (χ1v) is 14.5. The molecule has 11 heteroatoms. The Labute approximate surface area is 231 Å². The third-order valence-corrected chi connectivity index (χ3v) is 9.11. The lowest BCUT2D eigenvalue weighted by Crippen LogP contribution is -2.56.